The molecule has 0 saturated carbocycles. The van der Waals surface area contributed by atoms with E-state index in [-0.39, 0.29) is 12.2 Å². The van der Waals surface area contributed by atoms with Crippen LogP contribution in [0.5, 0.6) is 0 Å². The first kappa shape index (κ1) is 14.4. The van der Waals surface area contributed by atoms with Crippen molar-refractivity contribution in [2.45, 2.75) is 51.9 Å². The standard InChI is InChI=1S/C13H25N3O/c1-5-6-15-13(4,9-14)10-16-7-11(2)17-12(3)8-16/h11-12,15H,5-8,10H2,1-4H3/t11-,12+,13?. The quantitative estimate of drug-likeness (QED) is 0.787. The predicted octanol–water partition coefficient (Wildman–Crippen LogP) is 1.38. The molecule has 1 aliphatic rings. The molecule has 0 aliphatic carbocycles. The lowest BCUT2D eigenvalue weighted by atomic mass is 10.0. The number of hydrogen-bond acceptors (Lipinski definition) is 4. The molecular weight excluding hydrogens is 214 g/mol. The van der Waals surface area contributed by atoms with Gasteiger partial charge in [-0.1, -0.05) is 6.92 Å². The summed E-state index contributed by atoms with van der Waals surface area (Å²) in [6, 6.07) is 2.40. The number of hydrogen-bond donors (Lipinski definition) is 1. The first-order valence-electron chi connectivity index (χ1n) is 6.53. The zero-order chi connectivity index (χ0) is 12.9. The molecule has 0 amide bonds. The van der Waals surface area contributed by atoms with Gasteiger partial charge in [0, 0.05) is 19.6 Å². The second-order valence-electron chi connectivity index (χ2n) is 5.32. The van der Waals surface area contributed by atoms with Gasteiger partial charge in [0.2, 0.25) is 0 Å². The Kier molecular flexibility index (Phi) is 5.38. The zero-order valence-corrected chi connectivity index (χ0v) is 11.5. The predicted molar refractivity (Wildman–Crippen MR) is 68.8 cm³/mol. The van der Waals surface area contributed by atoms with E-state index in [1.54, 1.807) is 0 Å². The third-order valence-electron chi connectivity index (χ3n) is 3.05. The zero-order valence-electron chi connectivity index (χ0n) is 11.5. The fourth-order valence-electron chi connectivity index (χ4n) is 2.39. The van der Waals surface area contributed by atoms with Crippen molar-refractivity contribution in [2.75, 3.05) is 26.2 Å². The van der Waals surface area contributed by atoms with Crippen LogP contribution in [0.25, 0.3) is 0 Å². The van der Waals surface area contributed by atoms with E-state index >= 15 is 0 Å². The molecule has 0 aromatic carbocycles. The van der Waals surface area contributed by atoms with Crippen LogP contribution in [0.2, 0.25) is 0 Å². The monoisotopic (exact) mass is 239 g/mol. The van der Waals surface area contributed by atoms with E-state index in [1.807, 2.05) is 6.92 Å². The number of ether oxygens (including phenoxy) is 1. The van der Waals surface area contributed by atoms with Crippen molar-refractivity contribution in [1.29, 1.82) is 5.26 Å². The summed E-state index contributed by atoms with van der Waals surface area (Å²) in [5.41, 5.74) is -0.452. The van der Waals surface area contributed by atoms with Crippen LogP contribution in [0.3, 0.4) is 0 Å². The molecule has 17 heavy (non-hydrogen) atoms. The minimum Gasteiger partial charge on any atom is -0.373 e. The molecule has 0 bridgehead atoms. The smallest absolute Gasteiger partial charge is 0.116 e. The van der Waals surface area contributed by atoms with Crippen molar-refractivity contribution in [2.24, 2.45) is 0 Å². The molecule has 4 nitrogen and oxygen atoms in total. The van der Waals surface area contributed by atoms with Crippen molar-refractivity contribution in [3.05, 3.63) is 0 Å². The first-order valence-corrected chi connectivity index (χ1v) is 6.53. The van der Waals surface area contributed by atoms with Crippen LogP contribution in [0.4, 0.5) is 0 Å². The Morgan fingerprint density at radius 1 is 1.41 bits per heavy atom. The van der Waals surface area contributed by atoms with Crippen molar-refractivity contribution in [3.8, 4) is 6.07 Å². The highest BCUT2D eigenvalue weighted by Gasteiger charge is 2.30. The van der Waals surface area contributed by atoms with Crippen LogP contribution in [0.15, 0.2) is 0 Å². The molecular formula is C13H25N3O. The maximum Gasteiger partial charge on any atom is 0.116 e. The third-order valence-corrected chi connectivity index (χ3v) is 3.05. The largest absolute Gasteiger partial charge is 0.373 e. The highest BCUT2D eigenvalue weighted by Crippen LogP contribution is 2.14. The highest BCUT2D eigenvalue weighted by molar-refractivity contribution is 5.06. The van der Waals surface area contributed by atoms with Crippen LogP contribution < -0.4 is 5.32 Å². The summed E-state index contributed by atoms with van der Waals surface area (Å²) in [5.74, 6) is 0. The van der Waals surface area contributed by atoms with Gasteiger partial charge in [-0.15, -0.1) is 0 Å². The van der Waals surface area contributed by atoms with Crippen LogP contribution in [0.1, 0.15) is 34.1 Å². The van der Waals surface area contributed by atoms with E-state index in [9.17, 15) is 5.26 Å². The molecule has 1 rings (SSSR count). The molecule has 1 heterocycles. The van der Waals surface area contributed by atoms with E-state index in [0.29, 0.717) is 0 Å². The van der Waals surface area contributed by atoms with Gasteiger partial charge in [-0.05, 0) is 33.7 Å². The normalized spacial score (nSPS) is 29.6. The second kappa shape index (κ2) is 6.34. The molecule has 0 spiro atoms. The van der Waals surface area contributed by atoms with Gasteiger partial charge in [0.05, 0.1) is 18.3 Å². The Balaban J connectivity index is 2.52. The van der Waals surface area contributed by atoms with Gasteiger partial charge in [-0.2, -0.15) is 5.26 Å². The lowest BCUT2D eigenvalue weighted by Crippen LogP contribution is -2.55. The molecule has 4 heteroatoms. The van der Waals surface area contributed by atoms with Gasteiger partial charge in [0.15, 0.2) is 0 Å². The second-order valence-corrected chi connectivity index (χ2v) is 5.32. The molecule has 0 aromatic rings. The summed E-state index contributed by atoms with van der Waals surface area (Å²) >= 11 is 0. The molecule has 1 N–H and O–H groups in total. The fraction of sp³-hybridized carbons (Fsp3) is 0.923. The molecule has 3 atom stereocenters. The Morgan fingerprint density at radius 3 is 2.47 bits per heavy atom. The maximum atomic E-state index is 9.30. The van der Waals surface area contributed by atoms with Gasteiger partial charge in [-0.25, -0.2) is 0 Å². The Hall–Kier alpha value is -0.630. The van der Waals surface area contributed by atoms with Crippen LogP contribution in [-0.2, 0) is 4.74 Å². The molecule has 1 unspecified atom stereocenters. The average molecular weight is 239 g/mol. The van der Waals surface area contributed by atoms with E-state index in [4.69, 9.17) is 4.74 Å². The number of rotatable bonds is 5. The van der Waals surface area contributed by atoms with Crippen LogP contribution in [0, 0.1) is 11.3 Å². The Bertz CT molecular complexity index is 266. The lowest BCUT2D eigenvalue weighted by Gasteiger charge is -2.38. The number of nitrogens with one attached hydrogen (secondary N) is 1. The lowest BCUT2D eigenvalue weighted by molar-refractivity contribution is -0.0715. The molecule has 0 aromatic heterocycles. The number of nitrogens with zero attached hydrogens (tertiary/aromatic N) is 2. The highest BCUT2D eigenvalue weighted by atomic mass is 16.5. The summed E-state index contributed by atoms with van der Waals surface area (Å²) in [5, 5.41) is 12.6. The summed E-state index contributed by atoms with van der Waals surface area (Å²) in [7, 11) is 0. The van der Waals surface area contributed by atoms with Crippen molar-refractivity contribution in [1.82, 2.24) is 10.2 Å². The van der Waals surface area contributed by atoms with E-state index in [2.05, 4.69) is 37.1 Å². The molecule has 1 fully saturated rings. The number of morpholine rings is 1. The van der Waals surface area contributed by atoms with Gasteiger partial charge in [0.1, 0.15) is 5.54 Å². The van der Waals surface area contributed by atoms with Crippen LogP contribution in [-0.4, -0.2) is 48.8 Å². The topological polar surface area (TPSA) is 48.3 Å². The molecule has 98 valence electrons. The fourth-order valence-corrected chi connectivity index (χ4v) is 2.39. The van der Waals surface area contributed by atoms with E-state index in [1.165, 1.54) is 0 Å². The minimum atomic E-state index is -0.452. The van der Waals surface area contributed by atoms with Gasteiger partial charge in [-0.3, -0.25) is 10.2 Å². The van der Waals surface area contributed by atoms with Gasteiger partial charge in [0.25, 0.3) is 0 Å². The first-order chi connectivity index (χ1) is 7.99. The van der Waals surface area contributed by atoms with Gasteiger partial charge < -0.3 is 4.74 Å². The Labute approximate surface area is 105 Å². The third kappa shape index (κ3) is 4.63. The summed E-state index contributed by atoms with van der Waals surface area (Å²) in [6.45, 7) is 11.8. The summed E-state index contributed by atoms with van der Waals surface area (Å²) < 4.78 is 5.70. The summed E-state index contributed by atoms with van der Waals surface area (Å²) in [6.07, 6.45) is 1.56. The van der Waals surface area contributed by atoms with Gasteiger partial charge >= 0.3 is 0 Å². The minimum absolute atomic E-state index is 0.257. The van der Waals surface area contributed by atoms with Crippen molar-refractivity contribution >= 4 is 0 Å². The SMILES string of the molecule is CCCNC(C)(C#N)CN1C[C@@H](C)O[C@@H](C)C1. The molecule has 0 radical (unpaired) electrons. The maximum absolute atomic E-state index is 9.30. The number of nitriles is 1. The average Bonchev–Trinajstić information content (AvgIpc) is 2.25. The Morgan fingerprint density at radius 2 is 2.00 bits per heavy atom. The van der Waals surface area contributed by atoms with Crippen molar-refractivity contribution < 1.29 is 4.74 Å². The van der Waals surface area contributed by atoms with Crippen molar-refractivity contribution in [3.63, 3.8) is 0 Å². The molecule has 1 aliphatic heterocycles. The van der Waals surface area contributed by atoms with E-state index in [0.717, 1.165) is 32.6 Å². The van der Waals surface area contributed by atoms with Crippen LogP contribution >= 0.6 is 0 Å². The molecule has 1 saturated heterocycles. The van der Waals surface area contributed by atoms with E-state index < -0.39 is 5.54 Å². The summed E-state index contributed by atoms with van der Waals surface area (Å²) in [4.78, 5) is 2.32.